The molecule has 1 atom stereocenters. The zero-order chi connectivity index (χ0) is 19.5. The van der Waals surface area contributed by atoms with Gasteiger partial charge < -0.3 is 14.5 Å². The number of benzene rings is 2. The van der Waals surface area contributed by atoms with Crippen molar-refractivity contribution < 1.29 is 13.9 Å². The smallest absolute Gasteiger partial charge is 0.287 e. The van der Waals surface area contributed by atoms with E-state index in [4.69, 9.17) is 20.8 Å². The summed E-state index contributed by atoms with van der Waals surface area (Å²) in [6.07, 6.45) is 3.39. The SMILES string of the molecule is COc1ccc([C@H](NC(=O)c2cc3cc(Cl)ccc3o2)c2ccncc2)cc1. The molecule has 4 rings (SSSR count). The number of nitrogens with one attached hydrogen (secondary N) is 1. The maximum absolute atomic E-state index is 12.9. The maximum Gasteiger partial charge on any atom is 0.287 e. The van der Waals surface area contributed by atoms with Crippen LogP contribution in [-0.2, 0) is 0 Å². The first-order valence-corrected chi connectivity index (χ1v) is 9.05. The first-order chi connectivity index (χ1) is 13.6. The standard InChI is InChI=1S/C22H17ClN2O3/c1-27-18-5-2-14(3-6-18)21(15-8-10-24-11-9-15)25-22(26)20-13-16-12-17(23)4-7-19(16)28-20/h2-13,21H,1H3,(H,25,26)/t21-/m0/s1. The fourth-order valence-corrected chi connectivity index (χ4v) is 3.22. The maximum atomic E-state index is 12.9. The molecule has 0 fully saturated rings. The molecule has 4 aromatic rings. The predicted octanol–water partition coefficient (Wildman–Crippen LogP) is 5.01. The van der Waals surface area contributed by atoms with E-state index in [2.05, 4.69) is 10.3 Å². The Morgan fingerprint density at radius 3 is 2.46 bits per heavy atom. The minimum atomic E-state index is -0.363. The van der Waals surface area contributed by atoms with E-state index in [1.54, 1.807) is 43.8 Å². The van der Waals surface area contributed by atoms with Gasteiger partial charge in [-0.1, -0.05) is 23.7 Å². The Bertz CT molecular complexity index is 1110. The Morgan fingerprint density at radius 2 is 1.75 bits per heavy atom. The summed E-state index contributed by atoms with van der Waals surface area (Å²) in [5.41, 5.74) is 2.44. The Morgan fingerprint density at radius 1 is 1.04 bits per heavy atom. The van der Waals surface area contributed by atoms with Gasteiger partial charge in [0.15, 0.2) is 5.76 Å². The number of ether oxygens (including phenoxy) is 1. The third-order valence-corrected chi connectivity index (χ3v) is 4.70. The molecule has 2 heterocycles. The molecule has 0 unspecified atom stereocenters. The average molecular weight is 393 g/mol. The summed E-state index contributed by atoms with van der Waals surface area (Å²) in [5.74, 6) is 0.660. The van der Waals surface area contributed by atoms with Crippen molar-refractivity contribution in [3.63, 3.8) is 0 Å². The topological polar surface area (TPSA) is 64.4 Å². The molecule has 0 spiro atoms. The summed E-state index contributed by atoms with van der Waals surface area (Å²) in [4.78, 5) is 17.0. The van der Waals surface area contributed by atoms with Gasteiger partial charge in [0, 0.05) is 22.8 Å². The van der Waals surface area contributed by atoms with Crippen molar-refractivity contribution in [2.45, 2.75) is 6.04 Å². The number of halogens is 1. The number of hydrogen-bond donors (Lipinski definition) is 1. The lowest BCUT2D eigenvalue weighted by atomic mass is 9.99. The highest BCUT2D eigenvalue weighted by Crippen LogP contribution is 2.26. The van der Waals surface area contributed by atoms with Crippen molar-refractivity contribution >= 4 is 28.5 Å². The van der Waals surface area contributed by atoms with Crippen LogP contribution in [0.5, 0.6) is 5.75 Å². The summed E-state index contributed by atoms with van der Waals surface area (Å²) < 4.78 is 10.9. The molecule has 0 aliphatic heterocycles. The fourth-order valence-electron chi connectivity index (χ4n) is 3.04. The van der Waals surface area contributed by atoms with Gasteiger partial charge in [0.05, 0.1) is 13.2 Å². The summed E-state index contributed by atoms with van der Waals surface area (Å²) in [6, 6.07) is 17.9. The lowest BCUT2D eigenvalue weighted by molar-refractivity contribution is 0.0917. The lowest BCUT2D eigenvalue weighted by Gasteiger charge is -2.19. The van der Waals surface area contributed by atoms with Crippen LogP contribution in [0.4, 0.5) is 0 Å². The third-order valence-electron chi connectivity index (χ3n) is 4.47. The molecule has 6 heteroatoms. The van der Waals surface area contributed by atoms with Crippen LogP contribution in [0.25, 0.3) is 11.0 Å². The summed E-state index contributed by atoms with van der Waals surface area (Å²) in [6.45, 7) is 0. The first kappa shape index (κ1) is 18.1. The van der Waals surface area contributed by atoms with E-state index in [0.717, 1.165) is 22.3 Å². The monoisotopic (exact) mass is 392 g/mol. The summed E-state index contributed by atoms with van der Waals surface area (Å²) in [7, 11) is 1.62. The van der Waals surface area contributed by atoms with Crippen LogP contribution in [0.3, 0.4) is 0 Å². The van der Waals surface area contributed by atoms with Crippen LogP contribution in [0.15, 0.2) is 77.5 Å². The zero-order valence-corrected chi connectivity index (χ0v) is 15.8. The molecule has 140 valence electrons. The van der Waals surface area contributed by atoms with E-state index in [1.165, 1.54) is 0 Å². The van der Waals surface area contributed by atoms with E-state index < -0.39 is 0 Å². The lowest BCUT2D eigenvalue weighted by Crippen LogP contribution is -2.29. The quantitative estimate of drug-likeness (QED) is 0.518. The normalized spacial score (nSPS) is 11.9. The molecule has 1 amide bonds. The van der Waals surface area contributed by atoms with E-state index in [9.17, 15) is 4.79 Å². The van der Waals surface area contributed by atoms with E-state index in [1.807, 2.05) is 36.4 Å². The van der Waals surface area contributed by atoms with E-state index in [0.29, 0.717) is 10.6 Å². The number of pyridine rings is 1. The highest BCUT2D eigenvalue weighted by molar-refractivity contribution is 6.31. The molecule has 0 bridgehead atoms. The second kappa shape index (κ2) is 7.74. The molecule has 0 saturated carbocycles. The third kappa shape index (κ3) is 3.70. The zero-order valence-electron chi connectivity index (χ0n) is 15.1. The molecule has 0 aliphatic rings. The van der Waals surface area contributed by atoms with Gasteiger partial charge in [-0.25, -0.2) is 0 Å². The first-order valence-electron chi connectivity index (χ1n) is 8.68. The second-order valence-corrected chi connectivity index (χ2v) is 6.69. The molecular formula is C22H17ClN2O3. The molecule has 2 aromatic heterocycles. The number of nitrogens with zero attached hydrogens (tertiary/aromatic N) is 1. The van der Waals surface area contributed by atoms with E-state index in [-0.39, 0.29) is 17.7 Å². The minimum Gasteiger partial charge on any atom is -0.497 e. The Balaban J connectivity index is 1.66. The van der Waals surface area contributed by atoms with Crippen molar-refractivity contribution in [1.82, 2.24) is 10.3 Å². The molecule has 1 N–H and O–H groups in total. The van der Waals surface area contributed by atoms with Crippen molar-refractivity contribution in [3.8, 4) is 5.75 Å². The Labute approximate surface area is 166 Å². The van der Waals surface area contributed by atoms with Crippen LogP contribution < -0.4 is 10.1 Å². The van der Waals surface area contributed by atoms with E-state index >= 15 is 0 Å². The van der Waals surface area contributed by atoms with Crippen LogP contribution in [-0.4, -0.2) is 18.0 Å². The minimum absolute atomic E-state index is 0.227. The highest BCUT2D eigenvalue weighted by atomic mass is 35.5. The molecule has 0 radical (unpaired) electrons. The van der Waals surface area contributed by atoms with Gasteiger partial charge in [-0.15, -0.1) is 0 Å². The molecule has 5 nitrogen and oxygen atoms in total. The average Bonchev–Trinajstić information content (AvgIpc) is 3.16. The molecular weight excluding hydrogens is 376 g/mol. The van der Waals surface area contributed by atoms with Crippen molar-refractivity contribution in [1.29, 1.82) is 0 Å². The largest absolute Gasteiger partial charge is 0.497 e. The van der Waals surface area contributed by atoms with Gasteiger partial charge in [0.1, 0.15) is 11.3 Å². The van der Waals surface area contributed by atoms with Crippen LogP contribution in [0, 0.1) is 0 Å². The van der Waals surface area contributed by atoms with Gasteiger partial charge >= 0.3 is 0 Å². The van der Waals surface area contributed by atoms with Gasteiger partial charge in [-0.05, 0) is 59.7 Å². The summed E-state index contributed by atoms with van der Waals surface area (Å²) in [5, 5.41) is 4.42. The highest BCUT2D eigenvalue weighted by Gasteiger charge is 2.20. The molecule has 0 aliphatic carbocycles. The number of furan rings is 1. The Kier molecular flexibility index (Phi) is 5.00. The number of carbonyl (C=O) groups is 1. The van der Waals surface area contributed by atoms with Gasteiger partial charge in [-0.3, -0.25) is 9.78 Å². The second-order valence-electron chi connectivity index (χ2n) is 6.25. The van der Waals surface area contributed by atoms with Crippen LogP contribution in [0.1, 0.15) is 27.7 Å². The number of carbonyl (C=O) groups excluding carboxylic acids is 1. The number of amides is 1. The van der Waals surface area contributed by atoms with Crippen molar-refractivity contribution in [2.24, 2.45) is 0 Å². The Hall–Kier alpha value is -3.31. The van der Waals surface area contributed by atoms with Crippen molar-refractivity contribution in [2.75, 3.05) is 7.11 Å². The van der Waals surface area contributed by atoms with Crippen LogP contribution >= 0.6 is 11.6 Å². The number of methoxy groups -OCH3 is 1. The van der Waals surface area contributed by atoms with Crippen molar-refractivity contribution in [3.05, 3.63) is 95.0 Å². The van der Waals surface area contributed by atoms with Gasteiger partial charge in [-0.2, -0.15) is 0 Å². The number of fused-ring (bicyclic) bond motifs is 1. The number of rotatable bonds is 5. The fraction of sp³-hybridized carbons (Fsp3) is 0.0909. The summed E-state index contributed by atoms with van der Waals surface area (Å²) >= 11 is 6.02. The molecule has 0 saturated heterocycles. The predicted molar refractivity (Wildman–Crippen MR) is 108 cm³/mol. The van der Waals surface area contributed by atoms with Gasteiger partial charge in [0.25, 0.3) is 5.91 Å². The number of hydrogen-bond acceptors (Lipinski definition) is 4. The molecule has 28 heavy (non-hydrogen) atoms. The van der Waals surface area contributed by atoms with Crippen LogP contribution in [0.2, 0.25) is 5.02 Å². The molecule has 2 aromatic carbocycles. The number of aromatic nitrogens is 1. The van der Waals surface area contributed by atoms with Gasteiger partial charge in [0.2, 0.25) is 0 Å².